The van der Waals surface area contributed by atoms with E-state index in [1.807, 2.05) is 4.68 Å². The number of fused-ring (bicyclic) bond motifs is 1. The van der Waals surface area contributed by atoms with Crippen LogP contribution in [0.1, 0.15) is 63.0 Å². The molecule has 25 heavy (non-hydrogen) atoms. The van der Waals surface area contributed by atoms with Crippen LogP contribution in [0.15, 0.2) is 30.6 Å². The summed E-state index contributed by atoms with van der Waals surface area (Å²) in [6.45, 7) is 8.30. The zero-order valence-electron chi connectivity index (χ0n) is 15.6. The van der Waals surface area contributed by atoms with E-state index < -0.39 is 0 Å². The lowest BCUT2D eigenvalue weighted by atomic mass is 9.86. The summed E-state index contributed by atoms with van der Waals surface area (Å²) < 4.78 is 2.02. The predicted octanol–water partition coefficient (Wildman–Crippen LogP) is 3.30. The number of aliphatic hydroxyl groups is 1. The number of hydrogen-bond acceptors (Lipinski definition) is 4. The third-order valence-electron chi connectivity index (χ3n) is 4.98. The van der Waals surface area contributed by atoms with Crippen molar-refractivity contribution in [2.24, 2.45) is 0 Å². The average Bonchev–Trinajstić information content (AvgIpc) is 3.07. The molecule has 1 N–H and O–H groups in total. The average molecular weight is 342 g/mol. The molecule has 0 spiro atoms. The van der Waals surface area contributed by atoms with Crippen molar-refractivity contribution in [3.8, 4) is 0 Å². The minimum Gasteiger partial charge on any atom is -0.396 e. The van der Waals surface area contributed by atoms with Gasteiger partial charge in [-0.15, -0.1) is 0 Å². The number of benzene rings is 1. The van der Waals surface area contributed by atoms with Gasteiger partial charge in [0.1, 0.15) is 12.2 Å². The maximum Gasteiger partial charge on any atom is 0.141 e. The first kappa shape index (κ1) is 18.1. The van der Waals surface area contributed by atoms with Gasteiger partial charge in [0.15, 0.2) is 0 Å². The van der Waals surface area contributed by atoms with Gasteiger partial charge in [-0.25, -0.2) is 9.67 Å². The highest BCUT2D eigenvalue weighted by molar-refractivity contribution is 5.32. The van der Waals surface area contributed by atoms with E-state index in [-0.39, 0.29) is 12.1 Å². The van der Waals surface area contributed by atoms with Crippen LogP contribution in [0.2, 0.25) is 0 Å². The predicted molar refractivity (Wildman–Crippen MR) is 99.3 cm³/mol. The van der Waals surface area contributed by atoms with Crippen LogP contribution in [0.25, 0.3) is 0 Å². The van der Waals surface area contributed by atoms with E-state index in [0.29, 0.717) is 6.04 Å². The van der Waals surface area contributed by atoms with Gasteiger partial charge in [-0.3, -0.25) is 4.90 Å². The van der Waals surface area contributed by atoms with Crippen molar-refractivity contribution in [2.75, 3.05) is 13.2 Å². The lowest BCUT2D eigenvalue weighted by Gasteiger charge is -2.36. The van der Waals surface area contributed by atoms with Crippen LogP contribution in [0.4, 0.5) is 0 Å². The van der Waals surface area contributed by atoms with Crippen LogP contribution in [-0.4, -0.2) is 37.9 Å². The summed E-state index contributed by atoms with van der Waals surface area (Å²) in [5, 5.41) is 13.8. The second-order valence-electron chi connectivity index (χ2n) is 7.91. The molecule has 0 bridgehead atoms. The van der Waals surface area contributed by atoms with Crippen molar-refractivity contribution < 1.29 is 5.11 Å². The maximum atomic E-state index is 9.36. The number of nitrogens with zero attached hydrogens (tertiary/aromatic N) is 4. The van der Waals surface area contributed by atoms with E-state index in [0.717, 1.165) is 31.8 Å². The molecular formula is C20H30N4O. The van der Waals surface area contributed by atoms with Crippen LogP contribution in [-0.2, 0) is 18.5 Å². The number of aliphatic hydroxyl groups excluding tert-OH is 1. The van der Waals surface area contributed by atoms with Crippen molar-refractivity contribution in [1.82, 2.24) is 19.7 Å². The number of hydrogen-bond donors (Lipinski definition) is 1. The van der Waals surface area contributed by atoms with E-state index in [9.17, 15) is 5.11 Å². The molecule has 1 unspecified atom stereocenters. The summed E-state index contributed by atoms with van der Waals surface area (Å²) >= 11 is 0. The van der Waals surface area contributed by atoms with E-state index in [1.165, 1.54) is 24.0 Å². The fourth-order valence-corrected chi connectivity index (χ4v) is 3.84. The molecule has 5 heteroatoms. The smallest absolute Gasteiger partial charge is 0.141 e. The molecule has 1 aromatic carbocycles. The minimum atomic E-state index is -0.0844. The van der Waals surface area contributed by atoms with Gasteiger partial charge in [-0.1, -0.05) is 24.3 Å². The molecule has 0 amide bonds. The topological polar surface area (TPSA) is 54.2 Å². The molecule has 0 saturated carbocycles. The molecular weight excluding hydrogens is 312 g/mol. The normalized spacial score (nSPS) is 17.7. The Kier molecular flexibility index (Phi) is 5.54. The number of rotatable bonds is 6. The SMILES string of the molecule is CC(C)(C)n1ncnc1CN(CCCO)C1CCCc2ccccc21. The van der Waals surface area contributed by atoms with Gasteiger partial charge >= 0.3 is 0 Å². The quantitative estimate of drug-likeness (QED) is 0.875. The summed E-state index contributed by atoms with van der Waals surface area (Å²) in [7, 11) is 0. The van der Waals surface area contributed by atoms with E-state index >= 15 is 0 Å². The van der Waals surface area contributed by atoms with Crippen molar-refractivity contribution in [2.45, 2.75) is 64.6 Å². The Bertz CT molecular complexity index is 689. The highest BCUT2D eigenvalue weighted by Gasteiger charge is 2.28. The van der Waals surface area contributed by atoms with Gasteiger partial charge in [0.25, 0.3) is 0 Å². The summed E-state index contributed by atoms with van der Waals surface area (Å²) in [6.07, 6.45) is 5.97. The van der Waals surface area contributed by atoms with Crippen LogP contribution in [0.5, 0.6) is 0 Å². The van der Waals surface area contributed by atoms with E-state index in [1.54, 1.807) is 6.33 Å². The van der Waals surface area contributed by atoms with Gasteiger partial charge in [0, 0.05) is 19.2 Å². The molecule has 1 aliphatic rings. The molecule has 5 nitrogen and oxygen atoms in total. The molecule has 3 rings (SSSR count). The number of aromatic nitrogens is 3. The third-order valence-corrected chi connectivity index (χ3v) is 4.98. The summed E-state index contributed by atoms with van der Waals surface area (Å²) in [5.74, 6) is 0.994. The summed E-state index contributed by atoms with van der Waals surface area (Å²) in [5.41, 5.74) is 2.82. The molecule has 1 aliphatic carbocycles. The Balaban J connectivity index is 1.88. The second kappa shape index (κ2) is 7.67. The zero-order valence-corrected chi connectivity index (χ0v) is 15.6. The fraction of sp³-hybridized carbons (Fsp3) is 0.600. The van der Waals surface area contributed by atoms with Crippen molar-refractivity contribution in [3.63, 3.8) is 0 Å². The van der Waals surface area contributed by atoms with Crippen LogP contribution in [0.3, 0.4) is 0 Å². The molecule has 1 heterocycles. The van der Waals surface area contributed by atoms with Gasteiger partial charge in [-0.05, 0) is 57.6 Å². The van der Waals surface area contributed by atoms with E-state index in [2.05, 4.69) is 60.0 Å². The third kappa shape index (κ3) is 4.10. The molecule has 1 atom stereocenters. The minimum absolute atomic E-state index is 0.0844. The first-order valence-corrected chi connectivity index (χ1v) is 9.33. The Labute approximate surface area is 150 Å². The first-order valence-electron chi connectivity index (χ1n) is 9.33. The summed E-state index contributed by atoms with van der Waals surface area (Å²) in [6, 6.07) is 9.18. The van der Waals surface area contributed by atoms with Gasteiger partial charge < -0.3 is 5.11 Å². The standard InChI is InChI=1S/C20H30N4O/c1-20(2,3)24-19(21-15-22-24)14-23(12-7-13-25)18-11-6-9-16-8-4-5-10-17(16)18/h4-5,8,10,15,18,25H,6-7,9,11-14H2,1-3H3. The second-order valence-corrected chi connectivity index (χ2v) is 7.91. The Morgan fingerprint density at radius 2 is 2.08 bits per heavy atom. The van der Waals surface area contributed by atoms with Crippen LogP contribution in [0, 0.1) is 0 Å². The highest BCUT2D eigenvalue weighted by Crippen LogP contribution is 2.35. The molecule has 0 saturated heterocycles. The number of aryl methyl sites for hydroxylation is 1. The Hall–Kier alpha value is -1.72. The molecule has 0 aliphatic heterocycles. The lowest BCUT2D eigenvalue weighted by molar-refractivity contribution is 0.143. The summed E-state index contributed by atoms with van der Waals surface area (Å²) in [4.78, 5) is 7.00. The van der Waals surface area contributed by atoms with Crippen molar-refractivity contribution >= 4 is 0 Å². The van der Waals surface area contributed by atoms with Crippen LogP contribution >= 0.6 is 0 Å². The largest absolute Gasteiger partial charge is 0.396 e. The fourth-order valence-electron chi connectivity index (χ4n) is 3.84. The Morgan fingerprint density at radius 1 is 1.28 bits per heavy atom. The lowest BCUT2D eigenvalue weighted by Crippen LogP contribution is -2.35. The first-order chi connectivity index (χ1) is 12.0. The molecule has 136 valence electrons. The molecule has 0 fully saturated rings. The van der Waals surface area contributed by atoms with E-state index in [4.69, 9.17) is 0 Å². The van der Waals surface area contributed by atoms with Crippen molar-refractivity contribution in [1.29, 1.82) is 0 Å². The maximum absolute atomic E-state index is 9.36. The zero-order chi connectivity index (χ0) is 17.9. The van der Waals surface area contributed by atoms with Crippen molar-refractivity contribution in [3.05, 3.63) is 47.5 Å². The van der Waals surface area contributed by atoms with Crippen LogP contribution < -0.4 is 0 Å². The van der Waals surface area contributed by atoms with Gasteiger partial charge in [0.2, 0.25) is 0 Å². The highest BCUT2D eigenvalue weighted by atomic mass is 16.3. The van der Waals surface area contributed by atoms with Gasteiger partial charge in [-0.2, -0.15) is 5.10 Å². The Morgan fingerprint density at radius 3 is 2.84 bits per heavy atom. The molecule has 0 radical (unpaired) electrons. The monoisotopic (exact) mass is 342 g/mol. The molecule has 2 aromatic rings. The van der Waals surface area contributed by atoms with Gasteiger partial charge in [0.05, 0.1) is 12.1 Å². The molecule has 1 aromatic heterocycles.